The molecule has 0 amide bonds. The van der Waals surface area contributed by atoms with Crippen molar-refractivity contribution in [1.29, 1.82) is 0 Å². The number of benzene rings is 1. The standard InChI is InChI=1S/C15H17Br2NS/c1-2-6-18-14(12-9-15(17)19-10-12)8-11-4-3-5-13(16)7-11/h3-5,7,9-10,14,18H,2,6,8H2,1H3. The van der Waals surface area contributed by atoms with Gasteiger partial charge in [0.1, 0.15) is 0 Å². The van der Waals surface area contributed by atoms with E-state index in [1.54, 1.807) is 11.3 Å². The van der Waals surface area contributed by atoms with Crippen molar-refractivity contribution in [2.75, 3.05) is 6.54 Å². The highest BCUT2D eigenvalue weighted by Crippen LogP contribution is 2.28. The van der Waals surface area contributed by atoms with Gasteiger partial charge in [-0.25, -0.2) is 0 Å². The predicted octanol–water partition coefficient (Wildman–Crippen LogP) is 5.56. The quantitative estimate of drug-likeness (QED) is 0.667. The average molecular weight is 403 g/mol. The molecule has 0 radical (unpaired) electrons. The summed E-state index contributed by atoms with van der Waals surface area (Å²) >= 11 is 8.84. The first-order valence-corrected chi connectivity index (χ1v) is 8.87. The Morgan fingerprint density at radius 3 is 2.74 bits per heavy atom. The van der Waals surface area contributed by atoms with E-state index in [0.29, 0.717) is 6.04 Å². The first-order valence-electron chi connectivity index (χ1n) is 6.40. The molecule has 0 aliphatic carbocycles. The van der Waals surface area contributed by atoms with Gasteiger partial charge in [-0.2, -0.15) is 0 Å². The monoisotopic (exact) mass is 401 g/mol. The fourth-order valence-electron chi connectivity index (χ4n) is 2.03. The normalized spacial score (nSPS) is 12.6. The minimum absolute atomic E-state index is 0.386. The van der Waals surface area contributed by atoms with E-state index >= 15 is 0 Å². The summed E-state index contributed by atoms with van der Waals surface area (Å²) in [6.45, 7) is 3.25. The topological polar surface area (TPSA) is 12.0 Å². The summed E-state index contributed by atoms with van der Waals surface area (Å²) in [7, 11) is 0. The van der Waals surface area contributed by atoms with Crippen molar-refractivity contribution in [2.45, 2.75) is 25.8 Å². The van der Waals surface area contributed by atoms with Gasteiger partial charge in [0.15, 0.2) is 0 Å². The molecule has 1 unspecified atom stereocenters. The number of halogens is 2. The van der Waals surface area contributed by atoms with E-state index in [0.717, 1.165) is 23.9 Å². The molecule has 19 heavy (non-hydrogen) atoms. The van der Waals surface area contributed by atoms with Gasteiger partial charge in [0.25, 0.3) is 0 Å². The molecule has 0 saturated carbocycles. The first-order chi connectivity index (χ1) is 9.19. The maximum Gasteiger partial charge on any atom is 0.0701 e. The summed E-state index contributed by atoms with van der Waals surface area (Å²) in [4.78, 5) is 0. The van der Waals surface area contributed by atoms with Crippen LogP contribution in [-0.2, 0) is 6.42 Å². The van der Waals surface area contributed by atoms with Crippen molar-refractivity contribution in [3.05, 3.63) is 55.1 Å². The second kappa shape index (κ2) is 7.58. The van der Waals surface area contributed by atoms with E-state index < -0.39 is 0 Å². The molecule has 0 bridgehead atoms. The number of nitrogens with one attached hydrogen (secondary N) is 1. The Morgan fingerprint density at radius 1 is 1.26 bits per heavy atom. The van der Waals surface area contributed by atoms with Crippen molar-refractivity contribution in [3.63, 3.8) is 0 Å². The summed E-state index contributed by atoms with van der Waals surface area (Å²) < 4.78 is 2.34. The van der Waals surface area contributed by atoms with Crippen LogP contribution in [0.4, 0.5) is 0 Å². The molecule has 0 aliphatic rings. The van der Waals surface area contributed by atoms with Crippen LogP contribution < -0.4 is 5.32 Å². The lowest BCUT2D eigenvalue weighted by molar-refractivity contribution is 0.530. The van der Waals surface area contributed by atoms with Crippen LogP contribution in [-0.4, -0.2) is 6.54 Å². The molecule has 1 atom stereocenters. The van der Waals surface area contributed by atoms with Crippen molar-refractivity contribution in [3.8, 4) is 0 Å². The molecule has 4 heteroatoms. The summed E-state index contributed by atoms with van der Waals surface area (Å²) in [6, 6.07) is 11.2. The third-order valence-corrected chi connectivity index (χ3v) is 4.98. The molecule has 1 heterocycles. The molecule has 0 aliphatic heterocycles. The Bertz CT molecular complexity index is 524. The Morgan fingerprint density at radius 2 is 2.11 bits per heavy atom. The lowest BCUT2D eigenvalue weighted by Gasteiger charge is -2.18. The van der Waals surface area contributed by atoms with Gasteiger partial charge < -0.3 is 5.32 Å². The summed E-state index contributed by atoms with van der Waals surface area (Å²) in [5, 5.41) is 5.87. The summed E-state index contributed by atoms with van der Waals surface area (Å²) in [5.41, 5.74) is 2.72. The molecule has 0 spiro atoms. The molecule has 2 rings (SSSR count). The van der Waals surface area contributed by atoms with Crippen LogP contribution in [0, 0.1) is 0 Å². The molecule has 0 saturated heterocycles. The molecule has 1 N–H and O–H groups in total. The van der Waals surface area contributed by atoms with E-state index in [4.69, 9.17) is 0 Å². The van der Waals surface area contributed by atoms with Crippen LogP contribution in [0.5, 0.6) is 0 Å². The van der Waals surface area contributed by atoms with E-state index in [9.17, 15) is 0 Å². The highest BCUT2D eigenvalue weighted by Gasteiger charge is 2.13. The second-order valence-electron chi connectivity index (χ2n) is 4.52. The SMILES string of the molecule is CCCNC(Cc1cccc(Br)c1)c1csc(Br)c1. The Balaban J connectivity index is 2.13. The highest BCUT2D eigenvalue weighted by atomic mass is 79.9. The maximum atomic E-state index is 3.64. The van der Waals surface area contributed by atoms with E-state index in [2.05, 4.69) is 79.8 Å². The lowest BCUT2D eigenvalue weighted by atomic mass is 10.0. The van der Waals surface area contributed by atoms with Crippen LogP contribution in [0.3, 0.4) is 0 Å². The van der Waals surface area contributed by atoms with Crippen LogP contribution in [0.15, 0.2) is 44.0 Å². The molecule has 102 valence electrons. The fraction of sp³-hybridized carbons (Fsp3) is 0.333. The van der Waals surface area contributed by atoms with E-state index in [1.165, 1.54) is 14.9 Å². The van der Waals surface area contributed by atoms with Gasteiger partial charge in [-0.05, 0) is 70.0 Å². The zero-order valence-electron chi connectivity index (χ0n) is 10.8. The van der Waals surface area contributed by atoms with E-state index in [1.807, 2.05) is 0 Å². The lowest BCUT2D eigenvalue weighted by Crippen LogP contribution is -2.23. The van der Waals surface area contributed by atoms with Crippen LogP contribution in [0.2, 0.25) is 0 Å². The van der Waals surface area contributed by atoms with Crippen molar-refractivity contribution < 1.29 is 0 Å². The van der Waals surface area contributed by atoms with Gasteiger partial charge >= 0.3 is 0 Å². The molecular formula is C15H17Br2NS. The molecule has 0 fully saturated rings. The minimum Gasteiger partial charge on any atom is -0.310 e. The number of rotatable bonds is 6. The van der Waals surface area contributed by atoms with Gasteiger partial charge in [-0.1, -0.05) is 35.0 Å². The van der Waals surface area contributed by atoms with Gasteiger partial charge in [0.05, 0.1) is 3.79 Å². The molecule has 1 aromatic carbocycles. The second-order valence-corrected chi connectivity index (χ2v) is 7.73. The smallest absolute Gasteiger partial charge is 0.0701 e. The average Bonchev–Trinajstić information content (AvgIpc) is 2.81. The number of hydrogen-bond donors (Lipinski definition) is 1. The predicted molar refractivity (Wildman–Crippen MR) is 90.9 cm³/mol. The largest absolute Gasteiger partial charge is 0.310 e. The third-order valence-electron chi connectivity index (χ3n) is 2.96. The van der Waals surface area contributed by atoms with Crippen LogP contribution >= 0.6 is 43.2 Å². The molecule has 1 aromatic heterocycles. The van der Waals surface area contributed by atoms with Gasteiger partial charge in [-0.15, -0.1) is 11.3 Å². The van der Waals surface area contributed by atoms with Crippen molar-refractivity contribution in [2.24, 2.45) is 0 Å². The minimum atomic E-state index is 0.386. The molecular weight excluding hydrogens is 386 g/mol. The molecule has 1 nitrogen and oxygen atoms in total. The van der Waals surface area contributed by atoms with Gasteiger partial charge in [-0.3, -0.25) is 0 Å². The van der Waals surface area contributed by atoms with Crippen LogP contribution in [0.25, 0.3) is 0 Å². The highest BCUT2D eigenvalue weighted by molar-refractivity contribution is 9.11. The zero-order valence-corrected chi connectivity index (χ0v) is 14.8. The third kappa shape index (κ3) is 4.71. The number of hydrogen-bond acceptors (Lipinski definition) is 2. The van der Waals surface area contributed by atoms with Gasteiger partial charge in [0.2, 0.25) is 0 Å². The summed E-state index contributed by atoms with van der Waals surface area (Å²) in [5.74, 6) is 0. The van der Waals surface area contributed by atoms with Crippen LogP contribution in [0.1, 0.15) is 30.5 Å². The van der Waals surface area contributed by atoms with E-state index in [-0.39, 0.29) is 0 Å². The Hall–Kier alpha value is -0.160. The van der Waals surface area contributed by atoms with Gasteiger partial charge in [0, 0.05) is 10.5 Å². The molecule has 2 aromatic rings. The fourth-order valence-corrected chi connectivity index (χ4v) is 3.71. The Labute approximate surface area is 135 Å². The maximum absolute atomic E-state index is 3.64. The van der Waals surface area contributed by atoms with Crippen molar-refractivity contribution >= 4 is 43.2 Å². The first kappa shape index (κ1) is 15.2. The zero-order chi connectivity index (χ0) is 13.7. The summed E-state index contributed by atoms with van der Waals surface area (Å²) in [6.07, 6.45) is 2.17. The number of thiophene rings is 1. The Kier molecular flexibility index (Phi) is 6.07. The van der Waals surface area contributed by atoms with Crippen molar-refractivity contribution in [1.82, 2.24) is 5.32 Å².